The topological polar surface area (TPSA) is 105 Å². The van der Waals surface area contributed by atoms with E-state index in [4.69, 9.17) is 18.9 Å². The zero-order valence-corrected chi connectivity index (χ0v) is 53.8. The summed E-state index contributed by atoms with van der Waals surface area (Å²) in [6.45, 7) is 20.5. The lowest BCUT2D eigenvalue weighted by molar-refractivity contribution is -0.145. The molecule has 0 saturated heterocycles. The Hall–Kier alpha value is -2.12. The second kappa shape index (κ2) is 64.1. The number of unbranched alkanes of at least 4 members (excludes halogenated alkanes) is 34. The van der Waals surface area contributed by atoms with Crippen LogP contribution in [0.15, 0.2) is 0 Å². The highest BCUT2D eigenvalue weighted by molar-refractivity contribution is 5.70. The van der Waals surface area contributed by atoms with Crippen molar-refractivity contribution in [2.24, 2.45) is 23.7 Å². The van der Waals surface area contributed by atoms with E-state index in [1.165, 1.54) is 231 Å². The first-order valence-corrected chi connectivity index (χ1v) is 34.5. The average Bonchev–Trinajstić information content (AvgIpc) is 3.41. The molecule has 0 aliphatic carbocycles. The van der Waals surface area contributed by atoms with Crippen LogP contribution in [0.5, 0.6) is 0 Å². The summed E-state index contributed by atoms with van der Waals surface area (Å²) >= 11 is 0. The van der Waals surface area contributed by atoms with Gasteiger partial charge >= 0.3 is 23.9 Å². The number of hydrogen-bond acceptors (Lipinski definition) is 8. The summed E-state index contributed by atoms with van der Waals surface area (Å²) in [7, 11) is 0. The Kier molecular flexibility index (Phi) is 64.0. The van der Waals surface area contributed by atoms with Crippen LogP contribution >= 0.6 is 0 Å². The van der Waals surface area contributed by atoms with Crippen LogP contribution in [0.25, 0.3) is 0 Å². The van der Waals surface area contributed by atoms with Crippen molar-refractivity contribution >= 4 is 23.9 Å². The first-order valence-electron chi connectivity index (χ1n) is 34.5. The zero-order chi connectivity index (χ0) is 57.6. The number of esters is 4. The van der Waals surface area contributed by atoms with Crippen molar-refractivity contribution in [3.8, 4) is 0 Å². The number of hydrogen-bond donors (Lipinski definition) is 0. The molecule has 0 radical (unpaired) electrons. The van der Waals surface area contributed by atoms with Crippen molar-refractivity contribution in [3.05, 3.63) is 0 Å². The molecule has 0 aromatic carbocycles. The highest BCUT2D eigenvalue weighted by Gasteiger charge is 2.11. The van der Waals surface area contributed by atoms with Crippen LogP contribution in [0.2, 0.25) is 0 Å². The second-order valence-electron chi connectivity index (χ2n) is 25.0. The highest BCUT2D eigenvalue weighted by Crippen LogP contribution is 2.20. The standard InChI is InChI=1S/2C35H68O4/c1-31(2)23-17-15-21-29-38-34(36)26-20-14-12-10-8-6-7-9-11-13-19-25-33(5)27-28-35(37)39-30-22-16-18-24-32(3)4;1-4-6-8-10-21-25-31-38-34(36)28-24-20-18-16-14-12-13-15-17-19-23-27-33(3)29-30-35(37)39-32-26-22-11-9-7-5-2/h31-33H,6-30H2,1-5H3;33H,4-32H2,1-3H3. The molecule has 0 aliphatic heterocycles. The lowest BCUT2D eigenvalue weighted by atomic mass is 9.97. The van der Waals surface area contributed by atoms with Crippen LogP contribution in [0.4, 0.5) is 0 Å². The fourth-order valence-electron chi connectivity index (χ4n) is 10.2. The fraction of sp³-hybridized carbons (Fsp3) is 0.943. The minimum Gasteiger partial charge on any atom is -0.466 e. The maximum absolute atomic E-state index is 11.9. The van der Waals surface area contributed by atoms with Crippen LogP contribution in [0, 0.1) is 23.7 Å². The van der Waals surface area contributed by atoms with Gasteiger partial charge in [-0.2, -0.15) is 0 Å². The molecule has 8 nitrogen and oxygen atoms in total. The number of rotatable bonds is 60. The van der Waals surface area contributed by atoms with Crippen LogP contribution in [-0.2, 0) is 38.1 Å². The van der Waals surface area contributed by atoms with Crippen molar-refractivity contribution in [1.29, 1.82) is 0 Å². The molecule has 0 aromatic heterocycles. The van der Waals surface area contributed by atoms with E-state index in [1.54, 1.807) is 0 Å². The molecule has 0 heterocycles. The molecule has 0 fully saturated rings. The van der Waals surface area contributed by atoms with Gasteiger partial charge in [0.2, 0.25) is 0 Å². The summed E-state index contributed by atoms with van der Waals surface area (Å²) in [5.74, 6) is 2.76. The van der Waals surface area contributed by atoms with Crippen molar-refractivity contribution in [3.63, 3.8) is 0 Å². The molecule has 0 spiro atoms. The number of carbonyl (C=O) groups excluding carboxylic acids is 4. The van der Waals surface area contributed by atoms with E-state index >= 15 is 0 Å². The van der Waals surface area contributed by atoms with E-state index < -0.39 is 0 Å². The minimum absolute atomic E-state index is 0.000685. The third kappa shape index (κ3) is 68.2. The van der Waals surface area contributed by atoms with Gasteiger partial charge in [-0.3, -0.25) is 19.2 Å². The van der Waals surface area contributed by atoms with Gasteiger partial charge in [-0.15, -0.1) is 0 Å². The molecule has 0 bridgehead atoms. The number of ether oxygens (including phenoxy) is 4. The van der Waals surface area contributed by atoms with Gasteiger partial charge in [-0.05, 0) is 75.0 Å². The Morgan fingerprint density at radius 3 is 0.705 bits per heavy atom. The van der Waals surface area contributed by atoms with Gasteiger partial charge in [0, 0.05) is 25.7 Å². The summed E-state index contributed by atoms with van der Waals surface area (Å²) in [6, 6.07) is 0. The van der Waals surface area contributed by atoms with Crippen molar-refractivity contribution in [2.45, 2.75) is 376 Å². The minimum atomic E-state index is -0.00790. The molecule has 2 atom stereocenters. The van der Waals surface area contributed by atoms with Gasteiger partial charge in [0.05, 0.1) is 26.4 Å². The van der Waals surface area contributed by atoms with Crippen LogP contribution in [-0.4, -0.2) is 50.3 Å². The third-order valence-corrected chi connectivity index (χ3v) is 15.7. The first-order chi connectivity index (χ1) is 37.9. The molecule has 0 saturated carbocycles. The normalized spacial score (nSPS) is 12.1. The van der Waals surface area contributed by atoms with Crippen molar-refractivity contribution < 1.29 is 38.1 Å². The van der Waals surface area contributed by atoms with Gasteiger partial charge in [0.25, 0.3) is 0 Å². The first kappa shape index (κ1) is 77.9. The SMILES string of the molecule is CC(C)CCCCCOC(=O)CCCCCCCCCCCCCC(C)CCC(=O)OCCCCCC(C)C.CCCCCCCCOC(=O)CCCCCCCCCCCCCC(C)CCC(=O)OCCCCCCCC. The molecule has 0 N–H and O–H groups in total. The molecule has 0 rings (SSSR count). The number of carbonyl (C=O) groups is 4. The van der Waals surface area contributed by atoms with Gasteiger partial charge in [-0.1, -0.05) is 299 Å². The van der Waals surface area contributed by atoms with Crippen LogP contribution in [0.1, 0.15) is 376 Å². The lowest BCUT2D eigenvalue weighted by Gasteiger charge is -2.11. The van der Waals surface area contributed by atoms with Gasteiger partial charge in [0.1, 0.15) is 0 Å². The van der Waals surface area contributed by atoms with Crippen molar-refractivity contribution in [1.82, 2.24) is 0 Å². The van der Waals surface area contributed by atoms with E-state index in [0.717, 1.165) is 76.0 Å². The third-order valence-electron chi connectivity index (χ3n) is 15.7. The molecule has 464 valence electrons. The largest absolute Gasteiger partial charge is 0.466 e. The van der Waals surface area contributed by atoms with Crippen molar-refractivity contribution in [2.75, 3.05) is 26.4 Å². The Morgan fingerprint density at radius 1 is 0.231 bits per heavy atom. The smallest absolute Gasteiger partial charge is 0.305 e. The molecule has 8 heteroatoms. The van der Waals surface area contributed by atoms with E-state index in [0.29, 0.717) is 63.9 Å². The molecule has 0 amide bonds. The van der Waals surface area contributed by atoms with E-state index in [1.807, 2.05) is 0 Å². The quantitative estimate of drug-likeness (QED) is 0.0337. The highest BCUT2D eigenvalue weighted by atomic mass is 16.5. The summed E-state index contributed by atoms with van der Waals surface area (Å²) in [5.41, 5.74) is 0. The summed E-state index contributed by atoms with van der Waals surface area (Å²) in [4.78, 5) is 47.4. The van der Waals surface area contributed by atoms with Gasteiger partial charge in [-0.25, -0.2) is 0 Å². The van der Waals surface area contributed by atoms with E-state index in [9.17, 15) is 19.2 Å². The summed E-state index contributed by atoms with van der Waals surface area (Å²) in [5, 5.41) is 0. The maximum Gasteiger partial charge on any atom is 0.305 e. The van der Waals surface area contributed by atoms with Gasteiger partial charge < -0.3 is 18.9 Å². The predicted molar refractivity (Wildman–Crippen MR) is 334 cm³/mol. The van der Waals surface area contributed by atoms with E-state index in [-0.39, 0.29) is 23.9 Å². The van der Waals surface area contributed by atoms with Crippen LogP contribution < -0.4 is 0 Å². The summed E-state index contributed by atoms with van der Waals surface area (Å²) < 4.78 is 21.5. The Balaban J connectivity index is 0. The Labute approximate surface area is 486 Å². The average molecular weight is 1110 g/mol. The van der Waals surface area contributed by atoms with Crippen LogP contribution in [0.3, 0.4) is 0 Å². The molecule has 78 heavy (non-hydrogen) atoms. The van der Waals surface area contributed by atoms with Gasteiger partial charge in [0.15, 0.2) is 0 Å². The lowest BCUT2D eigenvalue weighted by Crippen LogP contribution is -2.08. The second-order valence-corrected chi connectivity index (χ2v) is 25.0. The summed E-state index contributed by atoms with van der Waals surface area (Å²) in [6.07, 6.45) is 58.8. The molecular formula is C70H136O8. The monoisotopic (exact) mass is 1110 g/mol. The Morgan fingerprint density at radius 2 is 0.436 bits per heavy atom. The predicted octanol–water partition coefficient (Wildman–Crippen LogP) is 22.3. The molecular weight excluding hydrogens is 969 g/mol. The molecule has 0 aliphatic rings. The Bertz CT molecular complexity index is 1250. The maximum atomic E-state index is 11.9. The van der Waals surface area contributed by atoms with E-state index in [2.05, 4.69) is 55.4 Å². The fourth-order valence-corrected chi connectivity index (χ4v) is 10.2. The zero-order valence-electron chi connectivity index (χ0n) is 53.8. The molecule has 0 aromatic rings. The molecule has 2 unspecified atom stereocenters.